The van der Waals surface area contributed by atoms with Crippen molar-refractivity contribution in [1.82, 2.24) is 0 Å². The van der Waals surface area contributed by atoms with Crippen LogP contribution in [-0.2, 0) is 18.9 Å². The molecule has 0 amide bonds. The molecule has 0 N–H and O–H groups in total. The van der Waals surface area contributed by atoms with E-state index < -0.39 is 0 Å². The Balaban J connectivity index is 1.90. The van der Waals surface area contributed by atoms with Crippen LogP contribution in [0.4, 0.5) is 0 Å². The van der Waals surface area contributed by atoms with Crippen molar-refractivity contribution < 1.29 is 18.9 Å². The molecule has 1 aliphatic heterocycles. The molecule has 0 spiro atoms. The van der Waals surface area contributed by atoms with Gasteiger partial charge in [-0.3, -0.25) is 0 Å². The van der Waals surface area contributed by atoms with E-state index in [9.17, 15) is 0 Å². The van der Waals surface area contributed by atoms with E-state index in [1.807, 2.05) is 0 Å². The van der Waals surface area contributed by atoms with Crippen LogP contribution in [0.5, 0.6) is 0 Å². The van der Waals surface area contributed by atoms with Gasteiger partial charge in [-0.2, -0.15) is 0 Å². The molecule has 4 heteroatoms. The lowest BCUT2D eigenvalue weighted by molar-refractivity contribution is -0.173. The van der Waals surface area contributed by atoms with Crippen molar-refractivity contribution in [3.05, 3.63) is 12.8 Å². The van der Waals surface area contributed by atoms with Crippen molar-refractivity contribution in [2.45, 2.75) is 13.3 Å². The van der Waals surface area contributed by atoms with E-state index in [4.69, 9.17) is 18.9 Å². The van der Waals surface area contributed by atoms with Crippen LogP contribution >= 0.6 is 0 Å². The van der Waals surface area contributed by atoms with Gasteiger partial charge in [0.25, 0.3) is 0 Å². The highest BCUT2D eigenvalue weighted by atomic mass is 16.7. The number of ether oxygens (including phenoxy) is 4. The van der Waals surface area contributed by atoms with Gasteiger partial charge in [0, 0.05) is 5.41 Å². The Morgan fingerprint density at radius 2 is 2.13 bits per heavy atom. The SMILES string of the molecule is C=COCCOCOCC1(CC)COC1. The van der Waals surface area contributed by atoms with E-state index in [1.165, 1.54) is 6.26 Å². The molecule has 0 aliphatic carbocycles. The third-order valence-corrected chi connectivity index (χ3v) is 2.60. The van der Waals surface area contributed by atoms with Crippen molar-refractivity contribution >= 4 is 0 Å². The summed E-state index contributed by atoms with van der Waals surface area (Å²) in [6.45, 7) is 9.30. The maximum absolute atomic E-state index is 5.43. The molecule has 1 rings (SSSR count). The van der Waals surface area contributed by atoms with Crippen LogP contribution in [0.1, 0.15) is 13.3 Å². The molecular weight excluding hydrogens is 196 g/mol. The van der Waals surface area contributed by atoms with Gasteiger partial charge in [0.05, 0.1) is 32.7 Å². The molecule has 15 heavy (non-hydrogen) atoms. The predicted octanol–water partition coefficient (Wildman–Crippen LogP) is 1.56. The summed E-state index contributed by atoms with van der Waals surface area (Å²) in [6.07, 6.45) is 2.49. The van der Waals surface area contributed by atoms with Gasteiger partial charge in [-0.05, 0) is 6.42 Å². The Morgan fingerprint density at radius 3 is 2.67 bits per heavy atom. The Labute approximate surface area is 91.1 Å². The number of hydrogen-bond acceptors (Lipinski definition) is 4. The standard InChI is InChI=1S/C11H20O4/c1-3-11(7-14-8-11)9-15-10-13-6-5-12-4-2/h4H,2-3,5-10H2,1H3. The third-order valence-electron chi connectivity index (χ3n) is 2.60. The van der Waals surface area contributed by atoms with Crippen molar-refractivity contribution in [2.75, 3.05) is 39.8 Å². The molecule has 88 valence electrons. The van der Waals surface area contributed by atoms with Crippen molar-refractivity contribution in [3.63, 3.8) is 0 Å². The molecule has 1 heterocycles. The summed E-state index contributed by atoms with van der Waals surface area (Å²) < 4.78 is 20.7. The first kappa shape index (κ1) is 12.5. The predicted molar refractivity (Wildman–Crippen MR) is 56.5 cm³/mol. The van der Waals surface area contributed by atoms with Crippen LogP contribution in [0.25, 0.3) is 0 Å². The quantitative estimate of drug-likeness (QED) is 0.333. The Kier molecular flexibility index (Phi) is 5.68. The lowest BCUT2D eigenvalue weighted by Gasteiger charge is -2.40. The molecule has 0 atom stereocenters. The molecule has 0 unspecified atom stereocenters. The van der Waals surface area contributed by atoms with E-state index in [1.54, 1.807) is 0 Å². The molecule has 0 radical (unpaired) electrons. The normalized spacial score (nSPS) is 18.2. The molecular formula is C11H20O4. The molecule has 1 saturated heterocycles. The zero-order valence-electron chi connectivity index (χ0n) is 9.37. The topological polar surface area (TPSA) is 36.9 Å². The fourth-order valence-electron chi connectivity index (χ4n) is 1.35. The van der Waals surface area contributed by atoms with Crippen LogP contribution in [0, 0.1) is 5.41 Å². The van der Waals surface area contributed by atoms with Gasteiger partial charge in [-0.1, -0.05) is 13.5 Å². The number of rotatable bonds is 9. The maximum Gasteiger partial charge on any atom is 0.146 e. The van der Waals surface area contributed by atoms with E-state index in [0.29, 0.717) is 26.6 Å². The summed E-state index contributed by atoms with van der Waals surface area (Å²) in [7, 11) is 0. The highest BCUT2D eigenvalue weighted by Crippen LogP contribution is 2.31. The van der Waals surface area contributed by atoms with E-state index in [0.717, 1.165) is 19.6 Å². The van der Waals surface area contributed by atoms with E-state index >= 15 is 0 Å². The first-order chi connectivity index (χ1) is 7.33. The monoisotopic (exact) mass is 216 g/mol. The first-order valence-corrected chi connectivity index (χ1v) is 5.29. The van der Waals surface area contributed by atoms with Crippen molar-refractivity contribution in [1.29, 1.82) is 0 Å². The summed E-state index contributed by atoms with van der Waals surface area (Å²) in [4.78, 5) is 0. The summed E-state index contributed by atoms with van der Waals surface area (Å²) in [5.41, 5.74) is 0.237. The van der Waals surface area contributed by atoms with Gasteiger partial charge < -0.3 is 18.9 Å². The average Bonchev–Trinajstić information content (AvgIpc) is 2.20. The zero-order chi connectivity index (χ0) is 11.0. The molecule has 0 aromatic rings. The van der Waals surface area contributed by atoms with Crippen LogP contribution < -0.4 is 0 Å². The summed E-state index contributed by atoms with van der Waals surface area (Å²) in [5.74, 6) is 0. The van der Waals surface area contributed by atoms with Crippen molar-refractivity contribution in [2.24, 2.45) is 5.41 Å². The maximum atomic E-state index is 5.43. The highest BCUT2D eigenvalue weighted by molar-refractivity contribution is 4.83. The molecule has 0 saturated carbocycles. The molecule has 1 aliphatic rings. The molecule has 4 nitrogen and oxygen atoms in total. The van der Waals surface area contributed by atoms with Gasteiger partial charge in [-0.15, -0.1) is 0 Å². The third kappa shape index (κ3) is 4.20. The van der Waals surface area contributed by atoms with Gasteiger partial charge in [0.2, 0.25) is 0 Å². The van der Waals surface area contributed by atoms with Gasteiger partial charge in [0.1, 0.15) is 13.4 Å². The lowest BCUT2D eigenvalue weighted by atomic mass is 9.84. The Hall–Kier alpha value is -0.580. The first-order valence-electron chi connectivity index (χ1n) is 5.29. The van der Waals surface area contributed by atoms with Crippen LogP contribution in [-0.4, -0.2) is 39.8 Å². The summed E-state index contributed by atoms with van der Waals surface area (Å²) in [5, 5.41) is 0. The molecule has 0 aromatic carbocycles. The van der Waals surface area contributed by atoms with Crippen LogP contribution in [0.15, 0.2) is 12.8 Å². The minimum absolute atomic E-state index is 0.237. The van der Waals surface area contributed by atoms with Crippen molar-refractivity contribution in [3.8, 4) is 0 Å². The fourth-order valence-corrected chi connectivity index (χ4v) is 1.35. The fraction of sp³-hybridized carbons (Fsp3) is 0.818. The van der Waals surface area contributed by atoms with Crippen LogP contribution in [0.3, 0.4) is 0 Å². The van der Waals surface area contributed by atoms with E-state index in [-0.39, 0.29) is 5.41 Å². The largest absolute Gasteiger partial charge is 0.499 e. The van der Waals surface area contributed by atoms with Gasteiger partial charge in [0.15, 0.2) is 0 Å². The lowest BCUT2D eigenvalue weighted by Crippen LogP contribution is -2.45. The summed E-state index contributed by atoms with van der Waals surface area (Å²) in [6, 6.07) is 0. The second-order valence-electron chi connectivity index (χ2n) is 3.76. The van der Waals surface area contributed by atoms with Gasteiger partial charge >= 0.3 is 0 Å². The smallest absolute Gasteiger partial charge is 0.146 e. The molecule has 1 fully saturated rings. The Morgan fingerprint density at radius 1 is 1.33 bits per heavy atom. The van der Waals surface area contributed by atoms with E-state index in [2.05, 4.69) is 13.5 Å². The minimum Gasteiger partial charge on any atom is -0.499 e. The number of hydrogen-bond donors (Lipinski definition) is 0. The van der Waals surface area contributed by atoms with Gasteiger partial charge in [-0.25, -0.2) is 0 Å². The minimum atomic E-state index is 0.237. The molecule has 0 bridgehead atoms. The zero-order valence-corrected chi connectivity index (χ0v) is 9.37. The highest BCUT2D eigenvalue weighted by Gasteiger charge is 2.36. The Bertz CT molecular complexity index is 172. The second-order valence-corrected chi connectivity index (χ2v) is 3.76. The molecule has 0 aromatic heterocycles. The average molecular weight is 216 g/mol. The van der Waals surface area contributed by atoms with Crippen LogP contribution in [0.2, 0.25) is 0 Å². The summed E-state index contributed by atoms with van der Waals surface area (Å²) >= 11 is 0. The second kappa shape index (κ2) is 6.82.